The van der Waals surface area contributed by atoms with Crippen LogP contribution in [0.15, 0.2) is 96.1 Å². The average Bonchev–Trinajstić information content (AvgIpc) is 3.80. The van der Waals surface area contributed by atoms with Crippen LogP contribution in [0.3, 0.4) is 0 Å². The lowest BCUT2D eigenvalue weighted by molar-refractivity contribution is -0.141. The highest BCUT2D eigenvalue weighted by Gasteiger charge is 2.69. The van der Waals surface area contributed by atoms with Crippen molar-refractivity contribution in [2.24, 2.45) is 52.4 Å². The first-order valence-electron chi connectivity index (χ1n) is 15.7. The first-order valence-corrected chi connectivity index (χ1v) is 15.7. The van der Waals surface area contributed by atoms with Crippen LogP contribution in [0.1, 0.15) is 40.2 Å². The SMILES string of the molecule is O=C1[C@@H]2C3c4ccccc4C(/C=N\N4C(=O)[C@@H]5[C@H]6C=C[C@@H]([C@@H]7C[C@H]67)[C@@H]5C4=O)(c4ccccc43)[C@H]2C(=O)N1Cc1ccccc1. The highest BCUT2D eigenvalue weighted by atomic mass is 16.2. The molecule has 3 aromatic rings. The zero-order valence-corrected chi connectivity index (χ0v) is 23.8. The monoisotopic (exact) mass is 579 g/mol. The van der Waals surface area contributed by atoms with Gasteiger partial charge in [0.1, 0.15) is 0 Å². The second-order valence-corrected chi connectivity index (χ2v) is 13.7. The number of imide groups is 2. The topological polar surface area (TPSA) is 87.1 Å². The van der Waals surface area contributed by atoms with Gasteiger partial charge < -0.3 is 0 Å². The summed E-state index contributed by atoms with van der Waals surface area (Å²) >= 11 is 0. The van der Waals surface area contributed by atoms with Gasteiger partial charge in [0.2, 0.25) is 11.8 Å². The van der Waals surface area contributed by atoms with Gasteiger partial charge in [-0.15, -0.1) is 0 Å². The Morgan fingerprint density at radius 3 is 1.86 bits per heavy atom. The van der Waals surface area contributed by atoms with Gasteiger partial charge >= 0.3 is 0 Å². The summed E-state index contributed by atoms with van der Waals surface area (Å²) in [6.45, 7) is 0.197. The van der Waals surface area contributed by atoms with Gasteiger partial charge in [0, 0.05) is 12.1 Å². The summed E-state index contributed by atoms with van der Waals surface area (Å²) in [5.74, 6) is -2.04. The minimum Gasteiger partial charge on any atom is -0.278 e. The Kier molecular flexibility index (Phi) is 4.66. The van der Waals surface area contributed by atoms with Crippen LogP contribution in [-0.2, 0) is 31.1 Å². The fourth-order valence-electron chi connectivity index (χ4n) is 10.2. The molecule has 0 N–H and O–H groups in total. The average molecular weight is 580 g/mol. The second kappa shape index (κ2) is 8.29. The molecule has 2 saturated heterocycles. The van der Waals surface area contributed by atoms with E-state index in [4.69, 9.17) is 5.10 Å². The lowest BCUT2D eigenvalue weighted by Crippen LogP contribution is -2.55. The van der Waals surface area contributed by atoms with Crippen LogP contribution in [0.2, 0.25) is 0 Å². The van der Waals surface area contributed by atoms with E-state index in [0.717, 1.165) is 39.2 Å². The van der Waals surface area contributed by atoms with Crippen molar-refractivity contribution in [1.82, 2.24) is 9.91 Å². The Balaban J connectivity index is 1.13. The van der Waals surface area contributed by atoms with E-state index in [9.17, 15) is 19.2 Å². The highest BCUT2D eigenvalue weighted by Crippen LogP contribution is 2.66. The number of hydrogen-bond donors (Lipinski definition) is 0. The zero-order chi connectivity index (χ0) is 29.5. The summed E-state index contributed by atoms with van der Waals surface area (Å²) in [5, 5.41) is 5.87. The molecular formula is C37H29N3O4. The maximum Gasteiger partial charge on any atom is 0.254 e. The van der Waals surface area contributed by atoms with Crippen molar-refractivity contribution in [3.05, 3.63) is 119 Å². The first kappa shape index (κ1) is 24.8. The molecule has 7 heteroatoms. The standard InChI is InChI=1S/C37H29N3O4/c41-33-31-28-22-10-4-6-12-26(22)37(27-13-7-5-11-23(27)28,32(31)36(44)39(33)17-19-8-2-1-3-9-19)18-38-40-34(42)29-20-14-15-21(25-16-24(20)25)30(29)35(40)43/h1-15,18,20-21,24-25,28-32H,16-17H2/b38-18-/t20-,21-,24-,25+,28?,29-,30+,31+,32+,37?/m0/s1. The Labute approximate surface area is 254 Å². The molecule has 4 bridgehead atoms. The lowest BCUT2D eigenvalue weighted by Gasteiger charge is -2.52. The van der Waals surface area contributed by atoms with Gasteiger partial charge in [-0.3, -0.25) is 24.1 Å². The molecule has 2 aliphatic heterocycles. The summed E-state index contributed by atoms with van der Waals surface area (Å²) in [4.78, 5) is 58.0. The van der Waals surface area contributed by atoms with Crippen LogP contribution < -0.4 is 0 Å². The van der Waals surface area contributed by atoms with Crippen molar-refractivity contribution in [3.63, 3.8) is 0 Å². The van der Waals surface area contributed by atoms with Crippen molar-refractivity contribution in [2.45, 2.75) is 24.3 Å². The van der Waals surface area contributed by atoms with Crippen molar-refractivity contribution >= 4 is 29.8 Å². The normalized spacial score (nSPS) is 38.2. The molecule has 4 fully saturated rings. The van der Waals surface area contributed by atoms with Gasteiger partial charge in [-0.25, -0.2) is 0 Å². The summed E-state index contributed by atoms with van der Waals surface area (Å²) in [6, 6.07) is 25.5. The van der Waals surface area contributed by atoms with E-state index in [0.29, 0.717) is 11.8 Å². The molecule has 44 heavy (non-hydrogen) atoms. The van der Waals surface area contributed by atoms with E-state index >= 15 is 0 Å². The summed E-state index contributed by atoms with van der Waals surface area (Å²) in [6.07, 6.45) is 7.08. The molecule has 9 aliphatic rings. The third-order valence-corrected chi connectivity index (χ3v) is 12.0. The molecule has 7 aliphatic carbocycles. The molecule has 0 unspecified atom stereocenters. The van der Waals surface area contributed by atoms with Crippen molar-refractivity contribution in [3.8, 4) is 0 Å². The smallest absolute Gasteiger partial charge is 0.254 e. The Bertz CT molecular complexity index is 1810. The van der Waals surface area contributed by atoms with Crippen molar-refractivity contribution in [2.75, 3.05) is 0 Å². The number of hydrogen-bond acceptors (Lipinski definition) is 5. The van der Waals surface area contributed by atoms with Gasteiger partial charge in [0.05, 0.1) is 35.6 Å². The van der Waals surface area contributed by atoms with E-state index in [-0.39, 0.29) is 59.8 Å². The van der Waals surface area contributed by atoms with Crippen LogP contribution in [0, 0.1) is 47.3 Å². The molecule has 3 aromatic carbocycles. The van der Waals surface area contributed by atoms with Crippen LogP contribution in [0.25, 0.3) is 0 Å². The molecule has 0 spiro atoms. The van der Waals surface area contributed by atoms with E-state index in [1.54, 1.807) is 6.21 Å². The van der Waals surface area contributed by atoms with Gasteiger partial charge in [0.15, 0.2) is 0 Å². The van der Waals surface area contributed by atoms with Gasteiger partial charge in [0.25, 0.3) is 11.8 Å². The fraction of sp³-hybridized carbons (Fsp3) is 0.324. The van der Waals surface area contributed by atoms with E-state index in [1.165, 1.54) is 4.90 Å². The highest BCUT2D eigenvalue weighted by molar-refractivity contribution is 6.12. The van der Waals surface area contributed by atoms with E-state index in [2.05, 4.69) is 12.2 Å². The van der Waals surface area contributed by atoms with Gasteiger partial charge in [-0.05, 0) is 57.9 Å². The minimum absolute atomic E-state index is 0.0985. The molecule has 12 rings (SSSR count). The fourth-order valence-corrected chi connectivity index (χ4v) is 10.2. The first-order chi connectivity index (χ1) is 21.5. The number of benzene rings is 3. The molecule has 2 saturated carbocycles. The number of allylic oxidation sites excluding steroid dienone is 2. The molecule has 0 radical (unpaired) electrons. The molecule has 7 nitrogen and oxygen atoms in total. The predicted molar refractivity (Wildman–Crippen MR) is 160 cm³/mol. The maximum atomic E-state index is 14.5. The van der Waals surface area contributed by atoms with Gasteiger partial charge in [-0.1, -0.05) is 91.0 Å². The van der Waals surface area contributed by atoms with Crippen molar-refractivity contribution < 1.29 is 19.2 Å². The molecular weight excluding hydrogens is 550 g/mol. The van der Waals surface area contributed by atoms with Crippen molar-refractivity contribution in [1.29, 1.82) is 0 Å². The third kappa shape index (κ3) is 2.82. The molecule has 4 amide bonds. The Hall–Kier alpha value is -4.65. The summed E-state index contributed by atoms with van der Waals surface area (Å²) in [5.41, 5.74) is 3.59. The Morgan fingerprint density at radius 1 is 0.682 bits per heavy atom. The molecule has 216 valence electrons. The number of carbonyl (C=O) groups excluding carboxylic acids is 4. The van der Waals surface area contributed by atoms with Crippen LogP contribution in [0.5, 0.6) is 0 Å². The van der Waals surface area contributed by atoms with E-state index in [1.807, 2.05) is 78.9 Å². The molecule has 0 aromatic heterocycles. The third-order valence-electron chi connectivity index (χ3n) is 12.0. The molecule has 2 heterocycles. The van der Waals surface area contributed by atoms with E-state index < -0.39 is 17.3 Å². The molecule has 8 atom stereocenters. The largest absolute Gasteiger partial charge is 0.278 e. The van der Waals surface area contributed by atoms with Crippen LogP contribution in [-0.4, -0.2) is 39.8 Å². The number of rotatable bonds is 4. The number of hydrazone groups is 1. The number of likely N-dealkylation sites (tertiary alicyclic amines) is 1. The lowest BCUT2D eigenvalue weighted by atomic mass is 9.47. The zero-order valence-electron chi connectivity index (χ0n) is 23.8. The number of amides is 4. The Morgan fingerprint density at radius 2 is 1.25 bits per heavy atom. The number of carbonyl (C=O) groups is 4. The second-order valence-electron chi connectivity index (χ2n) is 13.7. The summed E-state index contributed by atoms with van der Waals surface area (Å²) < 4.78 is 0. The van der Waals surface area contributed by atoms with Gasteiger partial charge in [-0.2, -0.15) is 10.1 Å². The minimum atomic E-state index is -1.11. The quantitative estimate of drug-likeness (QED) is 0.263. The maximum absolute atomic E-state index is 14.5. The predicted octanol–water partition coefficient (Wildman–Crippen LogP) is 4.27. The van der Waals surface area contributed by atoms with Crippen LogP contribution in [0.4, 0.5) is 0 Å². The van der Waals surface area contributed by atoms with Crippen LogP contribution >= 0.6 is 0 Å². The number of nitrogens with zero attached hydrogens (tertiary/aromatic N) is 3. The summed E-state index contributed by atoms with van der Waals surface area (Å²) in [7, 11) is 0.